The quantitative estimate of drug-likeness (QED) is 0.767. The molecule has 0 heterocycles. The van der Waals surface area contributed by atoms with Gasteiger partial charge in [0.05, 0.1) is 12.3 Å². The highest BCUT2D eigenvalue weighted by molar-refractivity contribution is 5.97. The molecular weight excluding hydrogens is 276 g/mol. The summed E-state index contributed by atoms with van der Waals surface area (Å²) in [6.07, 6.45) is 1.54. The molecule has 21 heavy (non-hydrogen) atoms. The summed E-state index contributed by atoms with van der Waals surface area (Å²) in [6.45, 7) is 6.17. The van der Waals surface area contributed by atoms with E-state index in [1.807, 2.05) is 20.8 Å². The van der Waals surface area contributed by atoms with Crippen molar-refractivity contribution in [2.45, 2.75) is 33.6 Å². The minimum atomic E-state index is -0.744. The molecule has 1 aromatic rings. The number of carbonyl (C=O) groups is 1. The van der Waals surface area contributed by atoms with E-state index < -0.39 is 17.0 Å². The van der Waals surface area contributed by atoms with Gasteiger partial charge in [0.2, 0.25) is 5.91 Å². The predicted octanol–water partition coefficient (Wildman–Crippen LogP) is 3.77. The number of anilines is 1. The van der Waals surface area contributed by atoms with Gasteiger partial charge in [0.25, 0.3) is 0 Å². The van der Waals surface area contributed by atoms with E-state index in [9.17, 15) is 13.6 Å². The van der Waals surface area contributed by atoms with Crippen molar-refractivity contribution in [2.75, 3.05) is 25.2 Å². The first-order valence-electron chi connectivity index (χ1n) is 7.09. The molecule has 0 fully saturated rings. The van der Waals surface area contributed by atoms with Gasteiger partial charge in [-0.15, -0.1) is 0 Å². The molecule has 1 aromatic carbocycles. The van der Waals surface area contributed by atoms with Crippen LogP contribution < -0.4 is 4.90 Å². The number of halogens is 2. The highest BCUT2D eigenvalue weighted by atomic mass is 19.1. The standard InChI is InChI=1S/C16H23F2NO2/c1-5-8-16(2,3)15(20)19(9-10-21-4)14-7-6-12(17)11-13(14)18/h6-7,11H,5,8-10H2,1-4H3. The van der Waals surface area contributed by atoms with E-state index in [1.165, 1.54) is 18.1 Å². The van der Waals surface area contributed by atoms with Gasteiger partial charge < -0.3 is 9.64 Å². The molecule has 1 amide bonds. The largest absolute Gasteiger partial charge is 0.383 e. The lowest BCUT2D eigenvalue weighted by Crippen LogP contribution is -2.43. The van der Waals surface area contributed by atoms with Crippen molar-refractivity contribution in [1.29, 1.82) is 0 Å². The first-order valence-corrected chi connectivity index (χ1v) is 7.09. The van der Waals surface area contributed by atoms with E-state index in [4.69, 9.17) is 4.74 Å². The molecule has 0 saturated heterocycles. The molecule has 0 saturated carbocycles. The Morgan fingerprint density at radius 3 is 2.52 bits per heavy atom. The summed E-state index contributed by atoms with van der Waals surface area (Å²) in [5.41, 5.74) is -0.522. The molecule has 1 rings (SSSR count). The van der Waals surface area contributed by atoms with Crippen molar-refractivity contribution < 1.29 is 18.3 Å². The number of nitrogens with zero attached hydrogens (tertiary/aromatic N) is 1. The lowest BCUT2D eigenvalue weighted by Gasteiger charge is -2.32. The Morgan fingerprint density at radius 2 is 2.00 bits per heavy atom. The van der Waals surface area contributed by atoms with E-state index in [0.717, 1.165) is 18.6 Å². The summed E-state index contributed by atoms with van der Waals surface area (Å²) in [6, 6.07) is 3.23. The lowest BCUT2D eigenvalue weighted by molar-refractivity contribution is -0.127. The second kappa shape index (κ2) is 7.50. The van der Waals surface area contributed by atoms with Gasteiger partial charge in [-0.25, -0.2) is 8.78 Å². The van der Waals surface area contributed by atoms with Gasteiger partial charge in [0.15, 0.2) is 0 Å². The molecule has 0 atom stereocenters. The molecule has 0 aliphatic carbocycles. The fourth-order valence-corrected chi connectivity index (χ4v) is 2.31. The fourth-order valence-electron chi connectivity index (χ4n) is 2.31. The van der Waals surface area contributed by atoms with Crippen LogP contribution >= 0.6 is 0 Å². The molecule has 0 radical (unpaired) electrons. The second-order valence-corrected chi connectivity index (χ2v) is 5.68. The van der Waals surface area contributed by atoms with E-state index in [-0.39, 0.29) is 24.7 Å². The number of hydrogen-bond acceptors (Lipinski definition) is 2. The Kier molecular flexibility index (Phi) is 6.27. The average molecular weight is 299 g/mol. The second-order valence-electron chi connectivity index (χ2n) is 5.68. The monoisotopic (exact) mass is 299 g/mol. The molecule has 0 N–H and O–H groups in total. The molecule has 0 aliphatic heterocycles. The van der Waals surface area contributed by atoms with Crippen LogP contribution in [0.4, 0.5) is 14.5 Å². The zero-order chi connectivity index (χ0) is 16.0. The molecule has 0 aromatic heterocycles. The third-order valence-electron chi connectivity index (χ3n) is 3.42. The van der Waals surface area contributed by atoms with Crippen LogP contribution in [0.25, 0.3) is 0 Å². The van der Waals surface area contributed by atoms with Gasteiger partial charge >= 0.3 is 0 Å². The molecular formula is C16H23F2NO2. The Labute approximate surface area is 124 Å². The van der Waals surface area contributed by atoms with Crippen LogP contribution in [-0.2, 0) is 9.53 Å². The summed E-state index contributed by atoms with van der Waals surface area (Å²) in [4.78, 5) is 14.0. The Bertz CT molecular complexity index is 489. The van der Waals surface area contributed by atoms with E-state index in [0.29, 0.717) is 6.42 Å². The molecule has 0 unspecified atom stereocenters. The van der Waals surface area contributed by atoms with Gasteiger partial charge in [-0.2, -0.15) is 0 Å². The van der Waals surface area contributed by atoms with Gasteiger partial charge in [-0.05, 0) is 18.6 Å². The van der Waals surface area contributed by atoms with Gasteiger partial charge in [-0.1, -0.05) is 27.2 Å². The van der Waals surface area contributed by atoms with E-state index in [1.54, 1.807) is 0 Å². The maximum atomic E-state index is 14.0. The first-order chi connectivity index (χ1) is 9.83. The van der Waals surface area contributed by atoms with Crippen LogP contribution in [0.1, 0.15) is 33.6 Å². The normalized spacial score (nSPS) is 11.5. The Balaban J connectivity index is 3.13. The van der Waals surface area contributed by atoms with Crippen LogP contribution in [0.15, 0.2) is 18.2 Å². The minimum Gasteiger partial charge on any atom is -0.383 e. The molecule has 0 spiro atoms. The summed E-state index contributed by atoms with van der Waals surface area (Å²) in [7, 11) is 1.51. The Morgan fingerprint density at radius 1 is 1.33 bits per heavy atom. The SMILES string of the molecule is CCCC(C)(C)C(=O)N(CCOC)c1ccc(F)cc1F. The average Bonchev–Trinajstić information content (AvgIpc) is 2.40. The van der Waals surface area contributed by atoms with E-state index >= 15 is 0 Å². The van der Waals surface area contributed by atoms with Crippen molar-refractivity contribution in [3.8, 4) is 0 Å². The van der Waals surface area contributed by atoms with Crippen LogP contribution in [-0.4, -0.2) is 26.2 Å². The van der Waals surface area contributed by atoms with Crippen molar-refractivity contribution in [2.24, 2.45) is 5.41 Å². The number of methoxy groups -OCH3 is 1. The fraction of sp³-hybridized carbons (Fsp3) is 0.562. The van der Waals surface area contributed by atoms with Crippen molar-refractivity contribution in [1.82, 2.24) is 0 Å². The van der Waals surface area contributed by atoms with Gasteiger partial charge in [-0.3, -0.25) is 4.79 Å². The number of carbonyl (C=O) groups excluding carboxylic acids is 1. The molecule has 118 valence electrons. The minimum absolute atomic E-state index is 0.0858. The summed E-state index contributed by atoms with van der Waals surface area (Å²) >= 11 is 0. The molecule has 0 aliphatic rings. The number of benzene rings is 1. The van der Waals surface area contributed by atoms with Crippen molar-refractivity contribution in [3.05, 3.63) is 29.8 Å². The lowest BCUT2D eigenvalue weighted by atomic mass is 9.86. The predicted molar refractivity (Wildman–Crippen MR) is 79.3 cm³/mol. The van der Waals surface area contributed by atoms with E-state index in [2.05, 4.69) is 0 Å². The summed E-state index contributed by atoms with van der Waals surface area (Å²) in [5, 5.41) is 0. The smallest absolute Gasteiger partial charge is 0.232 e. The maximum Gasteiger partial charge on any atom is 0.232 e. The number of hydrogen-bond donors (Lipinski definition) is 0. The summed E-state index contributed by atoms with van der Waals surface area (Å²) < 4.78 is 32.0. The van der Waals surface area contributed by atoms with Crippen LogP contribution in [0.5, 0.6) is 0 Å². The highest BCUT2D eigenvalue weighted by Gasteiger charge is 2.32. The molecule has 5 heteroatoms. The van der Waals surface area contributed by atoms with Gasteiger partial charge in [0.1, 0.15) is 11.6 Å². The summed E-state index contributed by atoms with van der Waals surface area (Å²) in [5.74, 6) is -1.60. The Hall–Kier alpha value is -1.49. The third kappa shape index (κ3) is 4.49. The van der Waals surface area contributed by atoms with Crippen molar-refractivity contribution in [3.63, 3.8) is 0 Å². The van der Waals surface area contributed by atoms with Crippen LogP contribution in [0.3, 0.4) is 0 Å². The van der Waals surface area contributed by atoms with Crippen molar-refractivity contribution >= 4 is 11.6 Å². The number of amides is 1. The number of rotatable bonds is 7. The molecule has 3 nitrogen and oxygen atoms in total. The third-order valence-corrected chi connectivity index (χ3v) is 3.42. The first kappa shape index (κ1) is 17.6. The zero-order valence-electron chi connectivity index (χ0n) is 13.1. The number of ether oxygens (including phenoxy) is 1. The maximum absolute atomic E-state index is 14.0. The zero-order valence-corrected chi connectivity index (χ0v) is 13.1. The topological polar surface area (TPSA) is 29.5 Å². The molecule has 0 bridgehead atoms. The highest BCUT2D eigenvalue weighted by Crippen LogP contribution is 2.29. The van der Waals surface area contributed by atoms with Gasteiger partial charge in [0, 0.05) is 25.1 Å². The van der Waals surface area contributed by atoms with Crippen LogP contribution in [0.2, 0.25) is 0 Å². The van der Waals surface area contributed by atoms with Crippen LogP contribution in [0, 0.1) is 17.0 Å².